The molecular formula is C20H15NO4. The second-order valence-corrected chi connectivity index (χ2v) is 5.17. The number of aromatic nitrogens is 1. The topological polar surface area (TPSA) is 65.5 Å². The first-order valence-corrected chi connectivity index (χ1v) is 7.66. The molecule has 25 heavy (non-hydrogen) atoms. The van der Waals surface area contributed by atoms with Gasteiger partial charge in [-0.1, -0.05) is 30.3 Å². The lowest BCUT2D eigenvalue weighted by atomic mass is 10.0. The summed E-state index contributed by atoms with van der Waals surface area (Å²) in [6.45, 7) is -0.214. The van der Waals surface area contributed by atoms with Gasteiger partial charge in [0.15, 0.2) is 12.4 Å². The van der Waals surface area contributed by atoms with Crippen LogP contribution in [0.4, 0.5) is 0 Å². The fraction of sp³-hybridized carbons (Fsp3) is 0.0500. The van der Waals surface area contributed by atoms with Crippen LogP contribution in [0.15, 0.2) is 79.1 Å². The molecule has 0 atom stereocenters. The van der Waals surface area contributed by atoms with Crippen molar-refractivity contribution in [2.24, 2.45) is 0 Å². The van der Waals surface area contributed by atoms with Gasteiger partial charge in [0.2, 0.25) is 0 Å². The maximum Gasteiger partial charge on any atom is 0.349 e. The van der Waals surface area contributed by atoms with Crippen LogP contribution in [0.1, 0.15) is 15.9 Å². The Morgan fingerprint density at radius 1 is 0.760 bits per heavy atom. The molecule has 0 N–H and O–H groups in total. The minimum atomic E-state index is -0.529. The fourth-order valence-electron chi connectivity index (χ4n) is 2.17. The molecule has 2 aromatic carbocycles. The minimum absolute atomic E-state index is 0.0838. The molecule has 1 aromatic heterocycles. The van der Waals surface area contributed by atoms with E-state index in [9.17, 15) is 9.59 Å². The van der Waals surface area contributed by atoms with Crippen LogP contribution < -0.4 is 9.47 Å². The highest BCUT2D eigenvalue weighted by Crippen LogP contribution is 2.16. The first kappa shape index (κ1) is 16.4. The van der Waals surface area contributed by atoms with E-state index in [1.807, 2.05) is 18.2 Å². The number of carbonyl (C=O) groups is 2. The summed E-state index contributed by atoms with van der Waals surface area (Å²) in [7, 11) is 0. The zero-order valence-corrected chi connectivity index (χ0v) is 13.3. The first-order valence-electron chi connectivity index (χ1n) is 7.66. The van der Waals surface area contributed by atoms with Crippen molar-refractivity contribution < 1.29 is 19.1 Å². The van der Waals surface area contributed by atoms with Crippen molar-refractivity contribution in [1.29, 1.82) is 0 Å². The number of ether oxygens (including phenoxy) is 2. The second-order valence-electron chi connectivity index (χ2n) is 5.17. The van der Waals surface area contributed by atoms with Crippen molar-refractivity contribution in [3.63, 3.8) is 0 Å². The lowest BCUT2D eigenvalue weighted by molar-refractivity contribution is -0.136. The minimum Gasteiger partial charge on any atom is -0.482 e. The van der Waals surface area contributed by atoms with Gasteiger partial charge in [0.1, 0.15) is 11.5 Å². The van der Waals surface area contributed by atoms with Crippen LogP contribution in [0.2, 0.25) is 0 Å². The van der Waals surface area contributed by atoms with Crippen LogP contribution in [0.25, 0.3) is 0 Å². The van der Waals surface area contributed by atoms with Gasteiger partial charge >= 0.3 is 5.97 Å². The summed E-state index contributed by atoms with van der Waals surface area (Å²) < 4.78 is 10.5. The van der Waals surface area contributed by atoms with Crippen molar-refractivity contribution in [1.82, 2.24) is 4.98 Å². The van der Waals surface area contributed by atoms with Gasteiger partial charge in [-0.2, -0.15) is 0 Å². The number of pyridine rings is 1. The summed E-state index contributed by atoms with van der Waals surface area (Å²) in [6.07, 6.45) is 3.15. The van der Waals surface area contributed by atoms with Crippen LogP contribution in [-0.2, 0) is 4.79 Å². The zero-order valence-electron chi connectivity index (χ0n) is 13.3. The molecule has 0 amide bonds. The number of hydrogen-bond acceptors (Lipinski definition) is 5. The molecule has 3 rings (SSSR count). The highest BCUT2D eigenvalue weighted by molar-refractivity contribution is 6.09. The summed E-state index contributed by atoms with van der Waals surface area (Å²) in [5.74, 6) is 0.280. The molecule has 0 aliphatic rings. The van der Waals surface area contributed by atoms with Crippen molar-refractivity contribution >= 4 is 11.8 Å². The molecule has 5 heteroatoms. The van der Waals surface area contributed by atoms with Gasteiger partial charge in [-0.3, -0.25) is 9.78 Å². The monoisotopic (exact) mass is 333 g/mol. The largest absolute Gasteiger partial charge is 0.482 e. The third-order valence-corrected chi connectivity index (χ3v) is 3.39. The number of esters is 1. The Bertz CT molecular complexity index is 846. The normalized spacial score (nSPS) is 10.1. The Morgan fingerprint density at radius 2 is 1.40 bits per heavy atom. The van der Waals surface area contributed by atoms with Crippen molar-refractivity contribution in [2.45, 2.75) is 0 Å². The number of ketones is 1. The lowest BCUT2D eigenvalue weighted by Crippen LogP contribution is -2.17. The average molecular weight is 333 g/mol. The van der Waals surface area contributed by atoms with E-state index in [1.165, 1.54) is 0 Å². The molecule has 0 spiro atoms. The predicted octanol–water partition coefficient (Wildman–Crippen LogP) is 3.30. The van der Waals surface area contributed by atoms with Gasteiger partial charge in [0.25, 0.3) is 0 Å². The molecule has 0 fully saturated rings. The summed E-state index contributed by atoms with van der Waals surface area (Å²) >= 11 is 0. The highest BCUT2D eigenvalue weighted by Gasteiger charge is 2.10. The maximum atomic E-state index is 12.3. The Hall–Kier alpha value is -3.47. The molecular weight excluding hydrogens is 318 g/mol. The van der Waals surface area contributed by atoms with E-state index < -0.39 is 5.97 Å². The zero-order chi connectivity index (χ0) is 17.5. The van der Waals surface area contributed by atoms with E-state index in [0.717, 1.165) is 0 Å². The molecule has 0 aliphatic heterocycles. The second kappa shape index (κ2) is 7.88. The quantitative estimate of drug-likeness (QED) is 0.393. The number of benzene rings is 2. The molecule has 5 nitrogen and oxygen atoms in total. The number of nitrogens with zero attached hydrogens (tertiary/aromatic N) is 1. The Morgan fingerprint density at radius 3 is 2.08 bits per heavy atom. The average Bonchev–Trinajstić information content (AvgIpc) is 2.68. The third-order valence-electron chi connectivity index (χ3n) is 3.39. The van der Waals surface area contributed by atoms with Crippen LogP contribution in [-0.4, -0.2) is 23.3 Å². The number of rotatable bonds is 6. The van der Waals surface area contributed by atoms with E-state index >= 15 is 0 Å². The van der Waals surface area contributed by atoms with Gasteiger partial charge in [-0.15, -0.1) is 0 Å². The lowest BCUT2D eigenvalue weighted by Gasteiger charge is -2.07. The van der Waals surface area contributed by atoms with Gasteiger partial charge < -0.3 is 9.47 Å². The molecule has 0 radical (unpaired) electrons. The summed E-state index contributed by atoms with van der Waals surface area (Å²) in [5.41, 5.74) is 1.14. The number of carbonyl (C=O) groups excluding carboxylic acids is 2. The van der Waals surface area contributed by atoms with E-state index in [1.54, 1.807) is 60.9 Å². The first-order chi connectivity index (χ1) is 12.2. The van der Waals surface area contributed by atoms with E-state index in [-0.39, 0.29) is 12.4 Å². The Kier molecular flexibility index (Phi) is 5.16. The van der Waals surface area contributed by atoms with Crippen LogP contribution in [0.5, 0.6) is 11.5 Å². The van der Waals surface area contributed by atoms with Crippen molar-refractivity contribution in [3.8, 4) is 11.5 Å². The predicted molar refractivity (Wildman–Crippen MR) is 91.7 cm³/mol. The van der Waals surface area contributed by atoms with Crippen molar-refractivity contribution in [3.05, 3.63) is 90.3 Å². The Balaban J connectivity index is 1.57. The fourth-order valence-corrected chi connectivity index (χ4v) is 2.17. The molecule has 0 aliphatic carbocycles. The maximum absolute atomic E-state index is 12.3. The highest BCUT2D eigenvalue weighted by atomic mass is 16.6. The van der Waals surface area contributed by atoms with Crippen LogP contribution >= 0.6 is 0 Å². The summed E-state index contributed by atoms with van der Waals surface area (Å²) in [4.78, 5) is 28.0. The van der Waals surface area contributed by atoms with Crippen LogP contribution in [0.3, 0.4) is 0 Å². The molecule has 124 valence electrons. The molecule has 0 unspecified atom stereocenters. The SMILES string of the molecule is O=C(COc1ccncc1)Oc1ccc(C(=O)c2ccccc2)cc1. The molecule has 3 aromatic rings. The van der Waals surface area contributed by atoms with Gasteiger partial charge in [-0.05, 0) is 36.4 Å². The van der Waals surface area contributed by atoms with Crippen molar-refractivity contribution in [2.75, 3.05) is 6.61 Å². The molecule has 0 saturated carbocycles. The summed E-state index contributed by atoms with van der Waals surface area (Å²) in [6, 6.07) is 18.7. The van der Waals surface area contributed by atoms with Gasteiger partial charge in [0.05, 0.1) is 0 Å². The van der Waals surface area contributed by atoms with E-state index in [0.29, 0.717) is 22.6 Å². The molecule has 0 bridgehead atoms. The standard InChI is InChI=1S/C20H15NO4/c22-19(14-24-17-10-12-21-13-11-17)25-18-8-6-16(7-9-18)20(23)15-4-2-1-3-5-15/h1-13H,14H2. The van der Waals surface area contributed by atoms with Gasteiger partial charge in [-0.25, -0.2) is 4.79 Å². The summed E-state index contributed by atoms with van der Waals surface area (Å²) in [5, 5.41) is 0. The number of hydrogen-bond donors (Lipinski definition) is 0. The van der Waals surface area contributed by atoms with Crippen LogP contribution in [0, 0.1) is 0 Å². The molecule has 0 saturated heterocycles. The smallest absolute Gasteiger partial charge is 0.349 e. The molecule has 1 heterocycles. The van der Waals surface area contributed by atoms with E-state index in [2.05, 4.69) is 4.98 Å². The van der Waals surface area contributed by atoms with E-state index in [4.69, 9.17) is 9.47 Å². The van der Waals surface area contributed by atoms with Gasteiger partial charge in [0, 0.05) is 23.5 Å². The third kappa shape index (κ3) is 4.51. The Labute approximate surface area is 144 Å².